The van der Waals surface area contributed by atoms with Gasteiger partial charge in [0.1, 0.15) is 24.3 Å². The minimum atomic E-state index is -0.872. The van der Waals surface area contributed by atoms with Crippen molar-refractivity contribution in [1.29, 1.82) is 0 Å². The summed E-state index contributed by atoms with van der Waals surface area (Å²) in [5.41, 5.74) is 0.968. The number of carbonyl (C=O) groups excluding carboxylic acids is 2. The number of imide groups is 1. The van der Waals surface area contributed by atoms with Crippen molar-refractivity contribution in [3.8, 4) is 23.0 Å². The number of pyridine rings is 1. The summed E-state index contributed by atoms with van der Waals surface area (Å²) in [5, 5.41) is 15.5. The van der Waals surface area contributed by atoms with Crippen molar-refractivity contribution in [3.63, 3.8) is 0 Å². The third-order valence-corrected chi connectivity index (χ3v) is 6.91. The van der Waals surface area contributed by atoms with Gasteiger partial charge in [0.25, 0.3) is 0 Å². The molecule has 2 heterocycles. The molecule has 45 heavy (non-hydrogen) atoms. The lowest BCUT2D eigenvalue weighted by atomic mass is 10.1. The molecule has 1 aromatic heterocycles. The molecule has 4 aromatic rings. The van der Waals surface area contributed by atoms with Crippen LogP contribution in [-0.2, 0) is 16.0 Å². The number of amides is 3. The van der Waals surface area contributed by atoms with Crippen LogP contribution < -0.4 is 24.8 Å². The fourth-order valence-electron chi connectivity index (χ4n) is 4.76. The third-order valence-electron chi connectivity index (χ3n) is 6.91. The normalized spacial score (nSPS) is 14.0. The minimum absolute atomic E-state index is 0.0419. The summed E-state index contributed by atoms with van der Waals surface area (Å²) in [6.07, 6.45) is 0.570. The maximum Gasteiger partial charge on any atom is 0.325 e. The van der Waals surface area contributed by atoms with Gasteiger partial charge in [0.05, 0.1) is 32.3 Å². The molecule has 236 valence electrons. The Kier molecular flexibility index (Phi) is 10.3. The Morgan fingerprint density at radius 2 is 1.84 bits per heavy atom. The number of carbonyl (C=O) groups is 2. The van der Waals surface area contributed by atoms with Gasteiger partial charge in [0.2, 0.25) is 5.91 Å². The van der Waals surface area contributed by atoms with Gasteiger partial charge in [-0.1, -0.05) is 12.1 Å². The zero-order valence-electron chi connectivity index (χ0n) is 24.4. The van der Waals surface area contributed by atoms with Crippen molar-refractivity contribution < 1.29 is 42.4 Å². The smallest absolute Gasteiger partial charge is 0.325 e. The molecule has 0 aliphatic carbocycles. The van der Waals surface area contributed by atoms with E-state index in [0.29, 0.717) is 47.7 Å². The molecule has 0 radical (unpaired) electrons. The number of aliphatic hydroxyl groups excluding tert-OH is 1. The van der Waals surface area contributed by atoms with Crippen LogP contribution in [0.15, 0.2) is 66.9 Å². The second kappa shape index (κ2) is 14.8. The molecule has 3 N–H and O–H groups in total. The van der Waals surface area contributed by atoms with Gasteiger partial charge < -0.3 is 29.4 Å². The number of hydrogen-bond donors (Lipinski definition) is 3. The molecule has 1 fully saturated rings. The van der Waals surface area contributed by atoms with Crippen LogP contribution in [0.1, 0.15) is 5.56 Å². The molecule has 5 rings (SSSR count). The number of fused-ring (bicyclic) bond motifs is 1. The van der Waals surface area contributed by atoms with Gasteiger partial charge in [0.15, 0.2) is 23.1 Å². The summed E-state index contributed by atoms with van der Waals surface area (Å²) in [5.74, 6) is -1.01. The summed E-state index contributed by atoms with van der Waals surface area (Å²) in [7, 11) is 1.48. The highest BCUT2D eigenvalue weighted by molar-refractivity contribution is 6.01. The summed E-state index contributed by atoms with van der Waals surface area (Å²) in [4.78, 5) is 30.9. The Morgan fingerprint density at radius 3 is 2.60 bits per heavy atom. The molecule has 13 heteroatoms. The van der Waals surface area contributed by atoms with Gasteiger partial charge in [-0.2, -0.15) is 0 Å². The number of benzene rings is 3. The summed E-state index contributed by atoms with van der Waals surface area (Å²) in [6.45, 7) is 3.26. The maximum atomic E-state index is 15.0. The van der Waals surface area contributed by atoms with E-state index in [2.05, 4.69) is 20.5 Å². The molecule has 0 spiro atoms. The second-order valence-corrected chi connectivity index (χ2v) is 10.3. The van der Waals surface area contributed by atoms with Gasteiger partial charge in [-0.15, -0.1) is 0 Å². The Balaban J connectivity index is 1.21. The number of urea groups is 1. The van der Waals surface area contributed by atoms with Crippen LogP contribution in [0, 0.1) is 11.6 Å². The predicted molar refractivity (Wildman–Crippen MR) is 161 cm³/mol. The molecule has 1 saturated heterocycles. The zero-order chi connectivity index (χ0) is 31.8. The number of halogens is 2. The van der Waals surface area contributed by atoms with Crippen LogP contribution in [-0.4, -0.2) is 79.6 Å². The largest absolute Gasteiger partial charge is 0.493 e. The first-order valence-corrected chi connectivity index (χ1v) is 14.2. The monoisotopic (exact) mass is 622 g/mol. The fraction of sp³-hybridized carbons (Fsp3) is 0.281. The molecule has 0 bridgehead atoms. The van der Waals surface area contributed by atoms with Gasteiger partial charge in [-0.25, -0.2) is 13.6 Å². The van der Waals surface area contributed by atoms with Crippen molar-refractivity contribution in [3.05, 3.63) is 84.1 Å². The SMILES string of the molecule is COc1cc2c(Oc3ccc(NC(=O)NC(=O)Cc4cccc(F)c4)cc3F)ccnc2cc1OCC(O)CN1CCOCC1. The highest BCUT2D eigenvalue weighted by Gasteiger charge is 2.18. The Labute approximate surface area is 257 Å². The van der Waals surface area contributed by atoms with E-state index in [1.165, 1.54) is 43.6 Å². The molecular formula is C32H32F2N4O7. The van der Waals surface area contributed by atoms with Gasteiger partial charge >= 0.3 is 6.03 Å². The highest BCUT2D eigenvalue weighted by Crippen LogP contribution is 2.38. The van der Waals surface area contributed by atoms with Crippen molar-refractivity contribution in [2.24, 2.45) is 0 Å². The number of morpholine rings is 1. The summed E-state index contributed by atoms with van der Waals surface area (Å²) in [6, 6.07) is 13.3. The first-order chi connectivity index (χ1) is 21.8. The van der Waals surface area contributed by atoms with Gasteiger partial charge in [0, 0.05) is 49.0 Å². The lowest BCUT2D eigenvalue weighted by Crippen LogP contribution is -2.42. The number of methoxy groups -OCH3 is 1. The van der Waals surface area contributed by atoms with Crippen LogP contribution in [0.3, 0.4) is 0 Å². The second-order valence-electron chi connectivity index (χ2n) is 10.3. The number of nitrogens with zero attached hydrogens (tertiary/aromatic N) is 2. The van der Waals surface area contributed by atoms with Crippen molar-refractivity contribution >= 4 is 28.5 Å². The molecule has 3 aromatic carbocycles. The first kappa shape index (κ1) is 31.6. The lowest BCUT2D eigenvalue weighted by molar-refractivity contribution is -0.119. The van der Waals surface area contributed by atoms with E-state index in [0.717, 1.165) is 19.2 Å². The summed E-state index contributed by atoms with van der Waals surface area (Å²) < 4.78 is 50.9. The van der Waals surface area contributed by atoms with E-state index in [1.807, 2.05) is 0 Å². The molecule has 1 unspecified atom stereocenters. The number of rotatable bonds is 11. The minimum Gasteiger partial charge on any atom is -0.493 e. The average Bonchev–Trinajstić information content (AvgIpc) is 3.01. The molecule has 3 amide bonds. The number of hydrogen-bond acceptors (Lipinski definition) is 9. The molecular weight excluding hydrogens is 590 g/mol. The summed E-state index contributed by atoms with van der Waals surface area (Å²) >= 11 is 0. The number of aliphatic hydroxyl groups is 1. The zero-order valence-corrected chi connectivity index (χ0v) is 24.4. The first-order valence-electron chi connectivity index (χ1n) is 14.2. The standard InChI is InChI=1S/C32H32F2N4O7/c1-42-29-16-24-26(17-30(29)44-19-23(39)18-38-9-11-43-12-10-38)35-8-7-27(24)45-28-6-5-22(15-25(28)34)36-32(41)37-31(40)14-20-3-2-4-21(33)13-20/h2-8,13,15-17,23,39H,9-12,14,18-19H2,1H3,(H2,36,37,40,41). The number of β-amino-alcohol motifs (C(OH)–C–C–N with tert-alkyl or cyclic N) is 1. The van der Waals surface area contributed by atoms with Crippen LogP contribution in [0.5, 0.6) is 23.0 Å². The Bertz CT molecular complexity index is 1670. The number of anilines is 1. The lowest BCUT2D eigenvalue weighted by Gasteiger charge is -2.28. The van der Waals surface area contributed by atoms with Crippen LogP contribution in [0.2, 0.25) is 0 Å². The predicted octanol–water partition coefficient (Wildman–Crippen LogP) is 4.28. The quantitative estimate of drug-likeness (QED) is 0.224. The highest BCUT2D eigenvalue weighted by atomic mass is 19.1. The van der Waals surface area contributed by atoms with Crippen molar-refractivity contribution in [2.75, 3.05) is 51.9 Å². The topological polar surface area (TPSA) is 131 Å². The Morgan fingerprint density at radius 1 is 1.02 bits per heavy atom. The number of ether oxygens (including phenoxy) is 4. The maximum absolute atomic E-state index is 15.0. The van der Waals surface area contributed by atoms with Crippen LogP contribution in [0.4, 0.5) is 19.3 Å². The molecule has 11 nitrogen and oxygen atoms in total. The molecule has 0 saturated carbocycles. The average molecular weight is 623 g/mol. The van der Waals surface area contributed by atoms with Gasteiger partial charge in [-0.05, 0) is 42.0 Å². The van der Waals surface area contributed by atoms with E-state index in [9.17, 15) is 19.1 Å². The van der Waals surface area contributed by atoms with E-state index in [1.54, 1.807) is 24.3 Å². The third kappa shape index (κ3) is 8.62. The van der Waals surface area contributed by atoms with Crippen LogP contribution >= 0.6 is 0 Å². The van der Waals surface area contributed by atoms with E-state index >= 15 is 4.39 Å². The molecule has 1 atom stereocenters. The number of aromatic nitrogens is 1. The number of nitrogens with one attached hydrogen (secondary N) is 2. The van der Waals surface area contributed by atoms with Crippen molar-refractivity contribution in [1.82, 2.24) is 15.2 Å². The molecule has 1 aliphatic heterocycles. The van der Waals surface area contributed by atoms with Crippen molar-refractivity contribution in [2.45, 2.75) is 12.5 Å². The van der Waals surface area contributed by atoms with Crippen LogP contribution in [0.25, 0.3) is 10.9 Å². The van der Waals surface area contributed by atoms with E-state index in [4.69, 9.17) is 18.9 Å². The Hall–Kier alpha value is -4.85. The fourth-order valence-corrected chi connectivity index (χ4v) is 4.76. The molecule has 1 aliphatic rings. The van der Waals surface area contributed by atoms with E-state index in [-0.39, 0.29) is 30.2 Å². The van der Waals surface area contributed by atoms with E-state index < -0.39 is 29.7 Å². The van der Waals surface area contributed by atoms with Gasteiger partial charge in [-0.3, -0.25) is 20.0 Å².